The zero-order valence-electron chi connectivity index (χ0n) is 15.1. The number of hydrogen-bond acceptors (Lipinski definition) is 6. The molecule has 1 aromatic carbocycles. The Bertz CT molecular complexity index is 804. The van der Waals surface area contributed by atoms with Crippen LogP contribution >= 0.6 is 11.6 Å². The van der Waals surface area contributed by atoms with Crippen LogP contribution in [0.15, 0.2) is 36.5 Å². The Labute approximate surface area is 163 Å². The van der Waals surface area contributed by atoms with Crippen molar-refractivity contribution >= 4 is 29.3 Å². The summed E-state index contributed by atoms with van der Waals surface area (Å²) in [5.41, 5.74) is 0.632. The van der Waals surface area contributed by atoms with E-state index in [1.807, 2.05) is 11.0 Å². The molecule has 8 heteroatoms. The smallest absolute Gasteiger partial charge is 0.254 e. The molecule has 0 bridgehead atoms. The lowest BCUT2D eigenvalue weighted by Crippen LogP contribution is -2.49. The number of rotatable bonds is 3. The molecule has 2 aromatic rings. The van der Waals surface area contributed by atoms with E-state index < -0.39 is 0 Å². The number of aromatic nitrogens is 2. The maximum atomic E-state index is 12.7. The number of anilines is 2. The number of nitrogens with zero attached hydrogens (tertiary/aromatic N) is 5. The standard InChI is InChI=1S/C19H22ClN5O2/c20-16-3-1-2-15(14-16)18(26)24-8-6-23(7-9-24)17-4-5-21-19(22-17)25-10-12-27-13-11-25/h1-5,14H,6-13H2. The SMILES string of the molecule is O=C(c1cccc(Cl)c1)N1CCN(c2ccnc(N3CCOCC3)n2)CC1. The van der Waals surface area contributed by atoms with Gasteiger partial charge in [-0.05, 0) is 24.3 Å². The van der Waals surface area contributed by atoms with Gasteiger partial charge in [-0.1, -0.05) is 17.7 Å². The van der Waals surface area contributed by atoms with Crippen LogP contribution in [0.1, 0.15) is 10.4 Å². The van der Waals surface area contributed by atoms with Crippen molar-refractivity contribution < 1.29 is 9.53 Å². The normalized spacial score (nSPS) is 17.9. The van der Waals surface area contributed by atoms with Gasteiger partial charge in [-0.3, -0.25) is 4.79 Å². The Morgan fingerprint density at radius 3 is 2.52 bits per heavy atom. The molecule has 7 nitrogen and oxygen atoms in total. The minimum Gasteiger partial charge on any atom is -0.378 e. The van der Waals surface area contributed by atoms with E-state index in [-0.39, 0.29) is 5.91 Å². The summed E-state index contributed by atoms with van der Waals surface area (Å²) in [6.45, 7) is 5.83. The first kappa shape index (κ1) is 18.0. The van der Waals surface area contributed by atoms with Crippen molar-refractivity contribution in [2.75, 3.05) is 62.3 Å². The summed E-state index contributed by atoms with van der Waals surface area (Å²) < 4.78 is 5.39. The Balaban J connectivity index is 1.40. The summed E-state index contributed by atoms with van der Waals surface area (Å²) in [6, 6.07) is 9.03. The molecule has 2 aliphatic rings. The summed E-state index contributed by atoms with van der Waals surface area (Å²) in [5.74, 6) is 1.67. The minimum atomic E-state index is 0.0221. The molecule has 0 unspecified atom stereocenters. The zero-order chi connectivity index (χ0) is 18.6. The molecular formula is C19H22ClN5O2. The van der Waals surface area contributed by atoms with Gasteiger partial charge >= 0.3 is 0 Å². The first-order valence-electron chi connectivity index (χ1n) is 9.16. The van der Waals surface area contributed by atoms with Crippen LogP contribution in [0, 0.1) is 0 Å². The molecule has 2 saturated heterocycles. The second-order valence-corrected chi connectivity index (χ2v) is 7.04. The summed E-state index contributed by atoms with van der Waals surface area (Å²) in [7, 11) is 0. The van der Waals surface area contributed by atoms with Gasteiger partial charge in [0.2, 0.25) is 5.95 Å². The van der Waals surface area contributed by atoms with Crippen LogP contribution in [-0.4, -0.2) is 73.3 Å². The van der Waals surface area contributed by atoms with Gasteiger partial charge in [-0.25, -0.2) is 4.98 Å². The van der Waals surface area contributed by atoms with Crippen molar-refractivity contribution in [3.05, 3.63) is 47.1 Å². The van der Waals surface area contributed by atoms with Crippen LogP contribution in [0.25, 0.3) is 0 Å². The van der Waals surface area contributed by atoms with Crippen molar-refractivity contribution in [1.82, 2.24) is 14.9 Å². The van der Waals surface area contributed by atoms with E-state index >= 15 is 0 Å². The summed E-state index contributed by atoms with van der Waals surface area (Å²) in [4.78, 5) is 28.0. The Morgan fingerprint density at radius 1 is 1.00 bits per heavy atom. The fourth-order valence-electron chi connectivity index (χ4n) is 3.37. The molecule has 0 saturated carbocycles. The third-order valence-corrected chi connectivity index (χ3v) is 5.12. The minimum absolute atomic E-state index is 0.0221. The van der Waals surface area contributed by atoms with Gasteiger partial charge in [0, 0.05) is 56.1 Å². The zero-order valence-corrected chi connectivity index (χ0v) is 15.8. The molecule has 2 aliphatic heterocycles. The average Bonchev–Trinajstić information content (AvgIpc) is 2.74. The van der Waals surface area contributed by atoms with Crippen LogP contribution in [-0.2, 0) is 4.74 Å². The molecule has 27 heavy (non-hydrogen) atoms. The highest BCUT2D eigenvalue weighted by Gasteiger charge is 2.24. The molecule has 0 spiro atoms. The Morgan fingerprint density at radius 2 is 1.78 bits per heavy atom. The second kappa shape index (κ2) is 8.10. The largest absolute Gasteiger partial charge is 0.378 e. The summed E-state index contributed by atoms with van der Waals surface area (Å²) in [6.07, 6.45) is 1.80. The molecule has 1 amide bonds. The Kier molecular flexibility index (Phi) is 5.40. The second-order valence-electron chi connectivity index (χ2n) is 6.60. The van der Waals surface area contributed by atoms with E-state index in [4.69, 9.17) is 21.3 Å². The van der Waals surface area contributed by atoms with Crippen LogP contribution < -0.4 is 9.80 Å². The summed E-state index contributed by atoms with van der Waals surface area (Å²) >= 11 is 6.00. The highest BCUT2D eigenvalue weighted by molar-refractivity contribution is 6.30. The number of morpholine rings is 1. The predicted molar refractivity (Wildman–Crippen MR) is 105 cm³/mol. The maximum Gasteiger partial charge on any atom is 0.254 e. The Hall–Kier alpha value is -2.38. The molecule has 1 aromatic heterocycles. The van der Waals surface area contributed by atoms with E-state index in [1.54, 1.807) is 30.5 Å². The van der Waals surface area contributed by atoms with Crippen LogP contribution in [0.3, 0.4) is 0 Å². The lowest BCUT2D eigenvalue weighted by molar-refractivity contribution is 0.0746. The predicted octanol–water partition coefficient (Wildman–Crippen LogP) is 1.93. The fraction of sp³-hybridized carbons (Fsp3) is 0.421. The van der Waals surface area contributed by atoms with Crippen molar-refractivity contribution in [2.45, 2.75) is 0 Å². The van der Waals surface area contributed by atoms with Crippen LogP contribution in [0.5, 0.6) is 0 Å². The van der Waals surface area contributed by atoms with Crippen molar-refractivity contribution in [3.8, 4) is 0 Å². The van der Waals surface area contributed by atoms with Gasteiger partial charge in [0.1, 0.15) is 5.82 Å². The monoisotopic (exact) mass is 387 g/mol. The molecule has 0 N–H and O–H groups in total. The molecule has 2 fully saturated rings. The summed E-state index contributed by atoms with van der Waals surface area (Å²) in [5, 5.41) is 0.580. The van der Waals surface area contributed by atoms with Gasteiger partial charge in [0.05, 0.1) is 13.2 Å². The number of piperazine rings is 1. The van der Waals surface area contributed by atoms with E-state index in [9.17, 15) is 4.79 Å². The lowest BCUT2D eigenvalue weighted by atomic mass is 10.2. The number of amides is 1. The fourth-order valence-corrected chi connectivity index (χ4v) is 3.56. The van der Waals surface area contributed by atoms with Crippen LogP contribution in [0.2, 0.25) is 5.02 Å². The van der Waals surface area contributed by atoms with Crippen LogP contribution in [0.4, 0.5) is 11.8 Å². The average molecular weight is 388 g/mol. The number of carbonyl (C=O) groups is 1. The van der Waals surface area contributed by atoms with Crippen molar-refractivity contribution in [2.24, 2.45) is 0 Å². The molecule has 142 valence electrons. The van der Waals surface area contributed by atoms with E-state index in [0.717, 1.165) is 37.9 Å². The van der Waals surface area contributed by atoms with Gasteiger partial charge in [-0.15, -0.1) is 0 Å². The highest BCUT2D eigenvalue weighted by atomic mass is 35.5. The van der Waals surface area contributed by atoms with Gasteiger partial charge in [0.15, 0.2) is 0 Å². The first-order valence-corrected chi connectivity index (χ1v) is 9.54. The van der Waals surface area contributed by atoms with Crippen molar-refractivity contribution in [1.29, 1.82) is 0 Å². The highest BCUT2D eigenvalue weighted by Crippen LogP contribution is 2.19. The van der Waals surface area contributed by atoms with E-state index in [1.165, 1.54) is 0 Å². The van der Waals surface area contributed by atoms with E-state index in [2.05, 4.69) is 14.8 Å². The molecule has 0 aliphatic carbocycles. The van der Waals surface area contributed by atoms with Gasteiger partial charge in [0.25, 0.3) is 5.91 Å². The molecule has 0 atom stereocenters. The third-order valence-electron chi connectivity index (χ3n) is 4.88. The van der Waals surface area contributed by atoms with Crippen molar-refractivity contribution in [3.63, 3.8) is 0 Å². The molecular weight excluding hydrogens is 366 g/mol. The third kappa shape index (κ3) is 4.14. The number of ether oxygens (including phenoxy) is 1. The van der Waals surface area contributed by atoms with Gasteiger partial charge < -0.3 is 19.4 Å². The topological polar surface area (TPSA) is 61.8 Å². The number of benzene rings is 1. The number of carbonyl (C=O) groups excluding carboxylic acids is 1. The molecule has 0 radical (unpaired) electrons. The van der Waals surface area contributed by atoms with E-state index in [0.29, 0.717) is 36.9 Å². The molecule has 3 heterocycles. The number of halogens is 1. The first-order chi connectivity index (χ1) is 13.2. The maximum absolute atomic E-state index is 12.7. The molecule has 4 rings (SSSR count). The van der Waals surface area contributed by atoms with Gasteiger partial charge in [-0.2, -0.15) is 4.98 Å². The quantitative estimate of drug-likeness (QED) is 0.802. The lowest BCUT2D eigenvalue weighted by Gasteiger charge is -2.36. The number of hydrogen-bond donors (Lipinski definition) is 0.